The molecule has 2 rings (SSSR count). The van der Waals surface area contributed by atoms with Crippen LogP contribution in [-0.2, 0) is 14.9 Å². The van der Waals surface area contributed by atoms with E-state index < -0.39 is 27.3 Å². The molecule has 6 nitrogen and oxygen atoms in total. The Balaban J connectivity index is 2.36. The van der Waals surface area contributed by atoms with Crippen molar-refractivity contribution in [3.63, 3.8) is 0 Å². The largest absolute Gasteiger partial charge is 0.534 e. The molecule has 2 aromatic carbocycles. The molecule has 0 aliphatic rings. The van der Waals surface area contributed by atoms with Crippen LogP contribution in [-0.4, -0.2) is 25.5 Å². The summed E-state index contributed by atoms with van der Waals surface area (Å²) in [6.45, 7) is 1.25. The number of nitrogens with one attached hydrogen (secondary N) is 1. The summed E-state index contributed by atoms with van der Waals surface area (Å²) >= 11 is 5.83. The van der Waals surface area contributed by atoms with Gasteiger partial charge >= 0.3 is 15.6 Å². The molecule has 1 amide bonds. The molecule has 144 valence electrons. The van der Waals surface area contributed by atoms with E-state index in [4.69, 9.17) is 11.6 Å². The third-order valence-corrected chi connectivity index (χ3v) is 4.29. The molecule has 0 aliphatic heterocycles. The highest BCUT2D eigenvalue weighted by Crippen LogP contribution is 2.27. The number of nitrogens with zero attached hydrogens (tertiary/aromatic N) is 1. The summed E-state index contributed by atoms with van der Waals surface area (Å²) in [6, 6.07) is 11.1. The lowest BCUT2D eigenvalue weighted by molar-refractivity contribution is -0.118. The lowest BCUT2D eigenvalue weighted by atomic mass is 10.0. The normalized spacial score (nSPS) is 12.6. The second-order valence-corrected chi connectivity index (χ2v) is 7.12. The highest BCUT2D eigenvalue weighted by Gasteiger charge is 2.48. The van der Waals surface area contributed by atoms with Crippen molar-refractivity contribution in [2.45, 2.75) is 12.4 Å². The van der Waals surface area contributed by atoms with Gasteiger partial charge in [-0.1, -0.05) is 23.7 Å². The molecule has 0 unspecified atom stereocenters. The molecule has 0 saturated heterocycles. The minimum Gasteiger partial charge on any atom is -0.376 e. The van der Waals surface area contributed by atoms with Gasteiger partial charge in [-0.3, -0.25) is 4.79 Å². The van der Waals surface area contributed by atoms with Gasteiger partial charge in [0.25, 0.3) is 0 Å². The van der Waals surface area contributed by atoms with Crippen LogP contribution in [0.5, 0.6) is 5.75 Å². The van der Waals surface area contributed by atoms with Gasteiger partial charge in [-0.2, -0.15) is 26.7 Å². The number of halogens is 4. The maximum atomic E-state index is 12.4. The molecule has 0 fully saturated rings. The predicted octanol–water partition coefficient (Wildman–Crippen LogP) is 3.46. The van der Waals surface area contributed by atoms with Gasteiger partial charge in [0, 0.05) is 23.1 Å². The number of alkyl halides is 3. The fourth-order valence-corrected chi connectivity index (χ4v) is 2.47. The van der Waals surface area contributed by atoms with Crippen LogP contribution >= 0.6 is 11.6 Å². The molecule has 1 N–H and O–H groups in total. The average Bonchev–Trinajstić information content (AvgIpc) is 2.56. The Hall–Kier alpha value is -2.59. The molecule has 0 atom stereocenters. The summed E-state index contributed by atoms with van der Waals surface area (Å²) in [5, 5.41) is 4.44. The first-order valence-corrected chi connectivity index (χ1v) is 8.99. The molecule has 27 heavy (non-hydrogen) atoms. The van der Waals surface area contributed by atoms with Gasteiger partial charge in [-0.25, -0.2) is 5.43 Å². The molecular weight excluding hydrogens is 409 g/mol. The maximum absolute atomic E-state index is 12.4. The molecule has 0 radical (unpaired) electrons. The van der Waals surface area contributed by atoms with Crippen molar-refractivity contribution in [3.8, 4) is 5.75 Å². The second kappa shape index (κ2) is 7.97. The summed E-state index contributed by atoms with van der Waals surface area (Å²) in [6.07, 6.45) is 0. The van der Waals surface area contributed by atoms with E-state index in [1.807, 2.05) is 0 Å². The summed E-state index contributed by atoms with van der Waals surface area (Å²) in [7, 11) is -5.76. The van der Waals surface area contributed by atoms with Gasteiger partial charge < -0.3 is 4.18 Å². The number of carbonyl (C=O) groups excluding carboxylic acids is 1. The second-order valence-electron chi connectivity index (χ2n) is 5.14. The van der Waals surface area contributed by atoms with Crippen LogP contribution in [0.3, 0.4) is 0 Å². The van der Waals surface area contributed by atoms with Crippen LogP contribution < -0.4 is 9.61 Å². The van der Waals surface area contributed by atoms with Crippen LogP contribution in [0.4, 0.5) is 13.2 Å². The SMILES string of the molecule is CC(=O)N/N=C(\c1ccc(Cl)cc1)c1ccc(OS(=O)(=O)C(F)(F)F)cc1. The number of hydrogen-bond acceptors (Lipinski definition) is 5. The summed E-state index contributed by atoms with van der Waals surface area (Å²) < 4.78 is 63.2. The van der Waals surface area contributed by atoms with E-state index in [9.17, 15) is 26.4 Å². The highest BCUT2D eigenvalue weighted by molar-refractivity contribution is 7.88. The van der Waals surface area contributed by atoms with Gasteiger partial charge in [0.2, 0.25) is 5.91 Å². The number of rotatable bonds is 5. The molecule has 0 aromatic heterocycles. The summed E-state index contributed by atoms with van der Waals surface area (Å²) in [5.74, 6) is -0.955. The van der Waals surface area contributed by atoms with Crippen LogP contribution in [0.1, 0.15) is 18.1 Å². The van der Waals surface area contributed by atoms with Crippen molar-refractivity contribution in [2.24, 2.45) is 5.10 Å². The predicted molar refractivity (Wildman–Crippen MR) is 93.0 cm³/mol. The Labute approximate surface area is 157 Å². The minimum atomic E-state index is -5.76. The number of amides is 1. The van der Waals surface area contributed by atoms with Crippen molar-refractivity contribution in [1.29, 1.82) is 0 Å². The lowest BCUT2D eigenvalue weighted by Gasteiger charge is -2.11. The quantitative estimate of drug-likeness (QED) is 0.347. The zero-order chi connectivity index (χ0) is 20.2. The Morgan fingerprint density at radius 2 is 1.52 bits per heavy atom. The fourth-order valence-electron chi connectivity index (χ4n) is 1.88. The Kier molecular flexibility index (Phi) is 6.11. The van der Waals surface area contributed by atoms with Gasteiger partial charge in [-0.15, -0.1) is 0 Å². The molecule has 0 bridgehead atoms. The van der Waals surface area contributed by atoms with Gasteiger partial charge in [0.1, 0.15) is 5.75 Å². The first-order chi connectivity index (χ1) is 12.5. The minimum absolute atomic E-state index is 0.284. The molecule has 0 saturated carbocycles. The highest BCUT2D eigenvalue weighted by atomic mass is 35.5. The van der Waals surface area contributed by atoms with Crippen molar-refractivity contribution in [3.05, 3.63) is 64.7 Å². The first-order valence-electron chi connectivity index (χ1n) is 7.21. The Morgan fingerprint density at radius 1 is 1.04 bits per heavy atom. The van der Waals surface area contributed by atoms with Gasteiger partial charge in [-0.05, 0) is 36.4 Å². The maximum Gasteiger partial charge on any atom is 0.534 e. The monoisotopic (exact) mass is 420 g/mol. The van der Waals surface area contributed by atoms with Crippen LogP contribution in [0.2, 0.25) is 5.02 Å². The molecular formula is C16H12ClF3N2O4S. The lowest BCUT2D eigenvalue weighted by Crippen LogP contribution is -2.28. The van der Waals surface area contributed by atoms with Crippen molar-refractivity contribution < 1.29 is 30.6 Å². The topological polar surface area (TPSA) is 84.8 Å². The van der Waals surface area contributed by atoms with E-state index in [0.29, 0.717) is 16.1 Å². The van der Waals surface area contributed by atoms with Crippen molar-refractivity contribution in [1.82, 2.24) is 5.43 Å². The number of benzene rings is 2. The van der Waals surface area contributed by atoms with E-state index in [2.05, 4.69) is 14.7 Å². The number of carbonyl (C=O) groups is 1. The molecule has 11 heteroatoms. The average molecular weight is 421 g/mol. The third kappa shape index (κ3) is 5.44. The Bertz CT molecular complexity index is 957. The zero-order valence-electron chi connectivity index (χ0n) is 13.6. The number of hydrogen-bond donors (Lipinski definition) is 1. The molecule has 2 aromatic rings. The zero-order valence-corrected chi connectivity index (χ0v) is 15.2. The third-order valence-electron chi connectivity index (χ3n) is 3.06. The van der Waals surface area contributed by atoms with Crippen molar-refractivity contribution >= 4 is 33.3 Å². The first kappa shape index (κ1) is 20.7. The molecule has 0 spiro atoms. The molecule has 0 heterocycles. The van der Waals surface area contributed by atoms with Crippen LogP contribution in [0, 0.1) is 0 Å². The van der Waals surface area contributed by atoms with E-state index >= 15 is 0 Å². The van der Waals surface area contributed by atoms with E-state index in [0.717, 1.165) is 12.1 Å². The summed E-state index contributed by atoms with van der Waals surface area (Å²) in [4.78, 5) is 11.1. The van der Waals surface area contributed by atoms with Gasteiger partial charge in [0.15, 0.2) is 0 Å². The number of hydrazone groups is 1. The summed E-state index contributed by atoms with van der Waals surface area (Å²) in [5.41, 5.74) is -2.03. The smallest absolute Gasteiger partial charge is 0.376 e. The Morgan fingerprint density at radius 3 is 1.96 bits per heavy atom. The van der Waals surface area contributed by atoms with E-state index in [-0.39, 0.29) is 5.71 Å². The molecule has 0 aliphatic carbocycles. The van der Waals surface area contributed by atoms with Crippen LogP contribution in [0.25, 0.3) is 0 Å². The van der Waals surface area contributed by atoms with Gasteiger partial charge in [0.05, 0.1) is 5.71 Å². The van der Waals surface area contributed by atoms with Crippen LogP contribution in [0.15, 0.2) is 53.6 Å². The standard InChI is InChI=1S/C16H12ClF3N2O4S/c1-10(23)21-22-15(11-2-6-13(17)7-3-11)12-4-8-14(9-5-12)26-27(24,25)16(18,19)20/h2-9H,1H3,(H,21,23)/b22-15+. The van der Waals surface area contributed by atoms with Crippen molar-refractivity contribution in [2.75, 3.05) is 0 Å². The van der Waals surface area contributed by atoms with E-state index in [1.165, 1.54) is 19.1 Å². The van der Waals surface area contributed by atoms with E-state index in [1.54, 1.807) is 24.3 Å². The fraction of sp³-hybridized carbons (Fsp3) is 0.125.